The average molecular weight is 238 g/mol. The van der Waals surface area contributed by atoms with E-state index < -0.39 is 11.4 Å². The maximum atomic E-state index is 11.9. The largest absolute Gasteiger partial charge is 0.396 e. The summed E-state index contributed by atoms with van der Waals surface area (Å²) in [5, 5.41) is 11.6. The monoisotopic (exact) mass is 238 g/mol. The van der Waals surface area contributed by atoms with Gasteiger partial charge in [0.05, 0.1) is 0 Å². The van der Waals surface area contributed by atoms with E-state index in [-0.39, 0.29) is 17.6 Å². The number of aromatic amines is 1. The van der Waals surface area contributed by atoms with E-state index >= 15 is 0 Å². The molecule has 0 aromatic carbocycles. The van der Waals surface area contributed by atoms with Gasteiger partial charge in [0.25, 0.3) is 5.91 Å². The van der Waals surface area contributed by atoms with Crippen molar-refractivity contribution in [3.8, 4) is 0 Å². The molecule has 1 rings (SSSR count). The highest BCUT2D eigenvalue weighted by Gasteiger charge is 2.21. The number of hydrogen-bond donors (Lipinski definition) is 3. The number of aryl methyl sites for hydroxylation is 1. The van der Waals surface area contributed by atoms with E-state index in [4.69, 9.17) is 5.11 Å². The summed E-state index contributed by atoms with van der Waals surface area (Å²) in [4.78, 5) is 26.3. The van der Waals surface area contributed by atoms with Gasteiger partial charge in [0.15, 0.2) is 5.43 Å². The van der Waals surface area contributed by atoms with Crippen LogP contribution in [0.2, 0.25) is 0 Å². The Kier molecular flexibility index (Phi) is 4.07. The molecular weight excluding hydrogens is 220 g/mol. The lowest BCUT2D eigenvalue weighted by Crippen LogP contribution is -2.45. The second kappa shape index (κ2) is 5.14. The van der Waals surface area contributed by atoms with Crippen molar-refractivity contribution < 1.29 is 9.90 Å². The van der Waals surface area contributed by atoms with Crippen LogP contribution in [0.1, 0.15) is 36.3 Å². The van der Waals surface area contributed by atoms with E-state index in [2.05, 4.69) is 10.3 Å². The molecule has 5 heteroatoms. The average Bonchev–Trinajstić information content (AvgIpc) is 2.15. The van der Waals surface area contributed by atoms with Crippen molar-refractivity contribution in [1.82, 2.24) is 10.3 Å². The molecule has 0 saturated heterocycles. The lowest BCUT2D eigenvalue weighted by Gasteiger charge is -2.25. The first kappa shape index (κ1) is 13.4. The first-order valence-electron chi connectivity index (χ1n) is 5.48. The summed E-state index contributed by atoms with van der Waals surface area (Å²) in [5.41, 5.74) is -0.0512. The van der Waals surface area contributed by atoms with Crippen molar-refractivity contribution in [1.29, 1.82) is 0 Å². The summed E-state index contributed by atoms with van der Waals surface area (Å²) in [6, 6.07) is 1.38. The fourth-order valence-electron chi connectivity index (χ4n) is 1.47. The van der Waals surface area contributed by atoms with E-state index in [0.29, 0.717) is 12.1 Å². The molecule has 3 N–H and O–H groups in total. The Morgan fingerprint density at radius 1 is 1.53 bits per heavy atom. The number of carbonyl (C=O) groups is 1. The van der Waals surface area contributed by atoms with Crippen LogP contribution in [0.15, 0.2) is 17.1 Å². The predicted octanol–water partition coefficient (Wildman–Crippen LogP) is 0.574. The number of H-pyrrole nitrogens is 1. The van der Waals surface area contributed by atoms with Gasteiger partial charge in [0, 0.05) is 30.1 Å². The van der Waals surface area contributed by atoms with E-state index in [1.807, 2.05) is 0 Å². The number of aliphatic hydroxyl groups is 1. The molecule has 0 radical (unpaired) electrons. The number of amides is 1. The number of carbonyl (C=O) groups excluding carboxylic acids is 1. The zero-order chi connectivity index (χ0) is 13.1. The van der Waals surface area contributed by atoms with Crippen LogP contribution in [0.5, 0.6) is 0 Å². The Labute approximate surface area is 99.9 Å². The third-order valence-electron chi connectivity index (χ3n) is 2.49. The zero-order valence-corrected chi connectivity index (χ0v) is 10.3. The number of rotatable bonds is 4. The van der Waals surface area contributed by atoms with Crippen LogP contribution in [0, 0.1) is 6.92 Å². The van der Waals surface area contributed by atoms with Crippen LogP contribution in [-0.2, 0) is 0 Å². The highest BCUT2D eigenvalue weighted by molar-refractivity contribution is 5.94. The Hall–Kier alpha value is -1.62. The van der Waals surface area contributed by atoms with Crippen LogP contribution in [0.3, 0.4) is 0 Å². The Morgan fingerprint density at radius 3 is 2.71 bits per heavy atom. The molecule has 1 aromatic rings. The summed E-state index contributed by atoms with van der Waals surface area (Å²) >= 11 is 0. The van der Waals surface area contributed by atoms with Crippen LogP contribution in [-0.4, -0.2) is 28.1 Å². The summed E-state index contributed by atoms with van der Waals surface area (Å²) in [6.07, 6.45) is 1.84. The fraction of sp³-hybridized carbons (Fsp3) is 0.500. The molecule has 0 unspecified atom stereocenters. The summed E-state index contributed by atoms with van der Waals surface area (Å²) in [5.74, 6) is -0.426. The number of aromatic nitrogens is 1. The number of nitrogens with one attached hydrogen (secondary N) is 2. The quantitative estimate of drug-likeness (QED) is 0.717. The van der Waals surface area contributed by atoms with Crippen LogP contribution in [0.25, 0.3) is 0 Å². The number of pyridine rings is 1. The minimum atomic E-state index is -0.539. The van der Waals surface area contributed by atoms with Gasteiger partial charge in [-0.2, -0.15) is 0 Å². The van der Waals surface area contributed by atoms with Gasteiger partial charge >= 0.3 is 0 Å². The Balaban J connectivity index is 2.87. The van der Waals surface area contributed by atoms with Gasteiger partial charge in [-0.3, -0.25) is 9.59 Å². The molecule has 0 aliphatic heterocycles. The maximum absolute atomic E-state index is 11.9. The van der Waals surface area contributed by atoms with Crippen molar-refractivity contribution in [3.05, 3.63) is 33.7 Å². The predicted molar refractivity (Wildman–Crippen MR) is 65.0 cm³/mol. The smallest absolute Gasteiger partial charge is 0.257 e. The summed E-state index contributed by atoms with van der Waals surface area (Å²) in [6.45, 7) is 5.32. The van der Waals surface area contributed by atoms with Crippen LogP contribution in [0.4, 0.5) is 0 Å². The SMILES string of the molecule is Cc1cc(=O)c(C(=O)NC(C)(C)CCO)c[nH]1. The van der Waals surface area contributed by atoms with E-state index in [1.165, 1.54) is 12.3 Å². The first-order chi connectivity index (χ1) is 7.85. The molecule has 0 bridgehead atoms. The molecule has 5 nitrogen and oxygen atoms in total. The lowest BCUT2D eigenvalue weighted by atomic mass is 10.0. The Bertz CT molecular complexity index is 463. The van der Waals surface area contributed by atoms with Crippen molar-refractivity contribution in [2.45, 2.75) is 32.7 Å². The third-order valence-corrected chi connectivity index (χ3v) is 2.49. The van der Waals surface area contributed by atoms with Gasteiger partial charge in [0.1, 0.15) is 5.56 Å². The number of aliphatic hydroxyl groups excluding tert-OH is 1. The maximum Gasteiger partial charge on any atom is 0.257 e. The molecule has 94 valence electrons. The minimum Gasteiger partial charge on any atom is -0.396 e. The Morgan fingerprint density at radius 2 is 2.18 bits per heavy atom. The van der Waals surface area contributed by atoms with Crippen molar-refractivity contribution in [2.24, 2.45) is 0 Å². The minimum absolute atomic E-state index is 0.0163. The van der Waals surface area contributed by atoms with E-state index in [9.17, 15) is 9.59 Å². The molecule has 0 aliphatic rings. The molecule has 0 saturated carbocycles. The lowest BCUT2D eigenvalue weighted by molar-refractivity contribution is 0.0898. The molecule has 1 aromatic heterocycles. The molecule has 17 heavy (non-hydrogen) atoms. The van der Waals surface area contributed by atoms with Crippen LogP contribution < -0.4 is 10.7 Å². The molecule has 0 fully saturated rings. The topological polar surface area (TPSA) is 82.2 Å². The van der Waals surface area contributed by atoms with Gasteiger partial charge in [-0.1, -0.05) is 0 Å². The molecule has 1 heterocycles. The summed E-state index contributed by atoms with van der Waals surface area (Å²) in [7, 11) is 0. The van der Waals surface area contributed by atoms with Gasteiger partial charge < -0.3 is 15.4 Å². The highest BCUT2D eigenvalue weighted by Crippen LogP contribution is 2.08. The second-order valence-electron chi connectivity index (χ2n) is 4.71. The van der Waals surface area contributed by atoms with Crippen molar-refractivity contribution >= 4 is 5.91 Å². The van der Waals surface area contributed by atoms with Crippen molar-refractivity contribution in [2.75, 3.05) is 6.61 Å². The fourth-order valence-corrected chi connectivity index (χ4v) is 1.47. The van der Waals surface area contributed by atoms with Gasteiger partial charge in [-0.25, -0.2) is 0 Å². The van der Waals surface area contributed by atoms with Gasteiger partial charge in [-0.05, 0) is 27.2 Å². The van der Waals surface area contributed by atoms with Crippen LogP contribution >= 0.6 is 0 Å². The highest BCUT2D eigenvalue weighted by atomic mass is 16.3. The standard InChI is InChI=1S/C12H18N2O3/c1-8-6-10(16)9(7-13-8)11(17)14-12(2,3)4-5-15/h6-7,15H,4-5H2,1-3H3,(H,13,16)(H,14,17). The van der Waals surface area contributed by atoms with Crippen molar-refractivity contribution in [3.63, 3.8) is 0 Å². The molecule has 1 amide bonds. The first-order valence-corrected chi connectivity index (χ1v) is 5.48. The van der Waals surface area contributed by atoms with Gasteiger partial charge in [0.2, 0.25) is 0 Å². The molecule has 0 spiro atoms. The normalized spacial score (nSPS) is 11.3. The molecule has 0 aliphatic carbocycles. The molecule has 0 atom stereocenters. The van der Waals surface area contributed by atoms with Gasteiger partial charge in [-0.15, -0.1) is 0 Å². The number of hydrogen-bond acceptors (Lipinski definition) is 3. The summed E-state index contributed by atoms with van der Waals surface area (Å²) < 4.78 is 0. The molecular formula is C12H18N2O3. The van der Waals surface area contributed by atoms with E-state index in [0.717, 1.165) is 0 Å². The van der Waals surface area contributed by atoms with E-state index in [1.54, 1.807) is 20.8 Å². The third kappa shape index (κ3) is 3.71. The second-order valence-corrected chi connectivity index (χ2v) is 4.71. The zero-order valence-electron chi connectivity index (χ0n) is 10.3.